The molecule has 0 atom stereocenters. The highest BCUT2D eigenvalue weighted by molar-refractivity contribution is 8.03. The Hall–Kier alpha value is -1.80. The van der Waals surface area contributed by atoms with Crippen LogP contribution >= 0.6 is 11.8 Å². The van der Waals surface area contributed by atoms with Crippen LogP contribution in [0.4, 0.5) is 0 Å². The Kier molecular flexibility index (Phi) is 4.58. The summed E-state index contributed by atoms with van der Waals surface area (Å²) in [6, 6.07) is 17.1. The van der Waals surface area contributed by atoms with E-state index in [0.717, 1.165) is 16.0 Å². The SMILES string of the molecule is CC=C(C)Sc1ccc(C(=O)c2ccccc2)cc1. The van der Waals surface area contributed by atoms with E-state index in [0.29, 0.717) is 0 Å². The van der Waals surface area contributed by atoms with Gasteiger partial charge >= 0.3 is 0 Å². The van der Waals surface area contributed by atoms with Crippen LogP contribution in [0.2, 0.25) is 0 Å². The molecule has 19 heavy (non-hydrogen) atoms. The first-order valence-electron chi connectivity index (χ1n) is 6.21. The Morgan fingerprint density at radius 2 is 1.53 bits per heavy atom. The van der Waals surface area contributed by atoms with Crippen molar-refractivity contribution in [3.05, 3.63) is 76.7 Å². The molecule has 0 aromatic heterocycles. The maximum Gasteiger partial charge on any atom is 0.193 e. The van der Waals surface area contributed by atoms with Crippen molar-refractivity contribution in [3.63, 3.8) is 0 Å². The molecule has 2 rings (SSSR count). The van der Waals surface area contributed by atoms with Crippen molar-refractivity contribution in [1.82, 2.24) is 0 Å². The second kappa shape index (κ2) is 6.39. The van der Waals surface area contributed by atoms with E-state index < -0.39 is 0 Å². The van der Waals surface area contributed by atoms with E-state index in [9.17, 15) is 4.79 Å². The van der Waals surface area contributed by atoms with Gasteiger partial charge in [-0.3, -0.25) is 4.79 Å². The van der Waals surface area contributed by atoms with Crippen LogP contribution in [0, 0.1) is 0 Å². The highest BCUT2D eigenvalue weighted by Gasteiger charge is 2.08. The van der Waals surface area contributed by atoms with Gasteiger partial charge in [-0.1, -0.05) is 48.2 Å². The number of ketones is 1. The molecule has 0 N–H and O–H groups in total. The zero-order chi connectivity index (χ0) is 13.7. The summed E-state index contributed by atoms with van der Waals surface area (Å²) >= 11 is 1.71. The zero-order valence-electron chi connectivity index (χ0n) is 11.1. The van der Waals surface area contributed by atoms with Crippen molar-refractivity contribution >= 4 is 17.5 Å². The predicted octanol–water partition coefficient (Wildman–Crippen LogP) is 4.93. The van der Waals surface area contributed by atoms with Gasteiger partial charge in [0.2, 0.25) is 0 Å². The van der Waals surface area contributed by atoms with Gasteiger partial charge in [0, 0.05) is 16.0 Å². The lowest BCUT2D eigenvalue weighted by Gasteiger charge is -2.04. The third-order valence-corrected chi connectivity index (χ3v) is 3.90. The number of benzene rings is 2. The van der Waals surface area contributed by atoms with Gasteiger partial charge in [-0.05, 0) is 43.0 Å². The molecule has 0 unspecified atom stereocenters. The summed E-state index contributed by atoms with van der Waals surface area (Å²) in [6.45, 7) is 4.10. The first kappa shape index (κ1) is 13.6. The highest BCUT2D eigenvalue weighted by Crippen LogP contribution is 2.26. The number of carbonyl (C=O) groups is 1. The monoisotopic (exact) mass is 268 g/mol. The molecule has 0 saturated heterocycles. The van der Waals surface area contributed by atoms with Crippen LogP contribution in [0.5, 0.6) is 0 Å². The molecule has 0 bridgehead atoms. The molecule has 0 heterocycles. The molecule has 0 fully saturated rings. The molecule has 2 aromatic carbocycles. The van der Waals surface area contributed by atoms with Crippen molar-refractivity contribution in [1.29, 1.82) is 0 Å². The Bertz CT molecular complexity index is 582. The molecular weight excluding hydrogens is 252 g/mol. The van der Waals surface area contributed by atoms with Gasteiger partial charge < -0.3 is 0 Å². The molecule has 96 valence electrons. The third kappa shape index (κ3) is 3.58. The fourth-order valence-corrected chi connectivity index (χ4v) is 2.44. The first-order valence-corrected chi connectivity index (χ1v) is 7.03. The van der Waals surface area contributed by atoms with Crippen LogP contribution in [0.25, 0.3) is 0 Å². The Morgan fingerprint density at radius 1 is 0.947 bits per heavy atom. The van der Waals surface area contributed by atoms with Crippen LogP contribution in [-0.2, 0) is 0 Å². The normalized spacial score (nSPS) is 11.4. The first-order chi connectivity index (χ1) is 9.20. The van der Waals surface area contributed by atoms with E-state index in [1.54, 1.807) is 11.8 Å². The van der Waals surface area contributed by atoms with Crippen LogP contribution in [0.3, 0.4) is 0 Å². The number of allylic oxidation sites excluding steroid dienone is 2. The third-order valence-electron chi connectivity index (χ3n) is 2.84. The predicted molar refractivity (Wildman–Crippen MR) is 81.6 cm³/mol. The van der Waals surface area contributed by atoms with Gasteiger partial charge in [-0.2, -0.15) is 0 Å². The molecule has 0 aliphatic carbocycles. The lowest BCUT2D eigenvalue weighted by atomic mass is 10.0. The van der Waals surface area contributed by atoms with E-state index in [1.807, 2.05) is 61.5 Å². The van der Waals surface area contributed by atoms with Crippen molar-refractivity contribution in [2.24, 2.45) is 0 Å². The molecule has 0 aliphatic rings. The van der Waals surface area contributed by atoms with Gasteiger partial charge in [0.05, 0.1) is 0 Å². The van der Waals surface area contributed by atoms with E-state index in [4.69, 9.17) is 0 Å². The molecule has 2 aromatic rings. The zero-order valence-corrected chi connectivity index (χ0v) is 11.9. The lowest BCUT2D eigenvalue weighted by molar-refractivity contribution is 0.103. The van der Waals surface area contributed by atoms with Crippen molar-refractivity contribution < 1.29 is 4.79 Å². The van der Waals surface area contributed by atoms with Gasteiger partial charge in [-0.15, -0.1) is 0 Å². The number of hydrogen-bond acceptors (Lipinski definition) is 2. The summed E-state index contributed by atoms with van der Waals surface area (Å²) in [7, 11) is 0. The van der Waals surface area contributed by atoms with Crippen molar-refractivity contribution in [2.75, 3.05) is 0 Å². The van der Waals surface area contributed by atoms with E-state index in [-0.39, 0.29) is 5.78 Å². The smallest absolute Gasteiger partial charge is 0.193 e. The molecular formula is C17H16OS. The average Bonchev–Trinajstić information content (AvgIpc) is 2.48. The number of hydrogen-bond donors (Lipinski definition) is 0. The second-order valence-electron chi connectivity index (χ2n) is 4.22. The largest absolute Gasteiger partial charge is 0.289 e. The standard InChI is InChI=1S/C17H16OS/c1-3-13(2)19-16-11-9-15(10-12-16)17(18)14-7-5-4-6-8-14/h3-12H,1-2H3. The maximum atomic E-state index is 12.2. The fraction of sp³-hybridized carbons (Fsp3) is 0.118. The Labute approximate surface area is 118 Å². The molecule has 0 amide bonds. The summed E-state index contributed by atoms with van der Waals surface area (Å²) in [6.07, 6.45) is 2.08. The van der Waals surface area contributed by atoms with Crippen LogP contribution in [0.1, 0.15) is 29.8 Å². The molecule has 1 nitrogen and oxygen atoms in total. The maximum absolute atomic E-state index is 12.2. The minimum absolute atomic E-state index is 0.0694. The number of rotatable bonds is 4. The fourth-order valence-electron chi connectivity index (χ4n) is 1.68. The Balaban J connectivity index is 2.17. The van der Waals surface area contributed by atoms with Crippen LogP contribution in [0.15, 0.2) is 70.5 Å². The van der Waals surface area contributed by atoms with Gasteiger partial charge in [0.15, 0.2) is 5.78 Å². The summed E-state index contributed by atoms with van der Waals surface area (Å²) in [5.74, 6) is 0.0694. The number of carbonyl (C=O) groups excluding carboxylic acids is 1. The molecule has 0 radical (unpaired) electrons. The van der Waals surface area contributed by atoms with Crippen molar-refractivity contribution in [3.8, 4) is 0 Å². The molecule has 2 heteroatoms. The van der Waals surface area contributed by atoms with Crippen molar-refractivity contribution in [2.45, 2.75) is 18.7 Å². The quantitative estimate of drug-likeness (QED) is 0.577. The number of thioether (sulfide) groups is 1. The van der Waals surface area contributed by atoms with Crippen LogP contribution in [-0.4, -0.2) is 5.78 Å². The average molecular weight is 268 g/mol. The van der Waals surface area contributed by atoms with E-state index in [2.05, 4.69) is 13.0 Å². The van der Waals surface area contributed by atoms with Gasteiger partial charge in [0.1, 0.15) is 0 Å². The summed E-state index contributed by atoms with van der Waals surface area (Å²) in [4.78, 5) is 14.6. The van der Waals surface area contributed by atoms with E-state index in [1.165, 1.54) is 4.91 Å². The molecule has 0 spiro atoms. The summed E-state index contributed by atoms with van der Waals surface area (Å²) < 4.78 is 0. The van der Waals surface area contributed by atoms with Crippen LogP contribution < -0.4 is 0 Å². The van der Waals surface area contributed by atoms with E-state index >= 15 is 0 Å². The minimum Gasteiger partial charge on any atom is -0.289 e. The highest BCUT2D eigenvalue weighted by atomic mass is 32.2. The summed E-state index contributed by atoms with van der Waals surface area (Å²) in [5.41, 5.74) is 1.46. The molecule has 0 aliphatic heterocycles. The second-order valence-corrected chi connectivity index (χ2v) is 5.54. The topological polar surface area (TPSA) is 17.1 Å². The molecule has 0 saturated carbocycles. The van der Waals surface area contributed by atoms with Gasteiger partial charge in [0.25, 0.3) is 0 Å². The minimum atomic E-state index is 0.0694. The lowest BCUT2D eigenvalue weighted by Crippen LogP contribution is -2.00. The van der Waals surface area contributed by atoms with Gasteiger partial charge in [-0.25, -0.2) is 0 Å². The Morgan fingerprint density at radius 3 is 2.11 bits per heavy atom. The summed E-state index contributed by atoms with van der Waals surface area (Å²) in [5, 5.41) is 0.